The summed E-state index contributed by atoms with van der Waals surface area (Å²) in [6, 6.07) is 27.5. The Morgan fingerprint density at radius 1 is 0.885 bits per heavy atom. The second kappa shape index (κ2) is 6.60. The zero-order valence-electron chi connectivity index (χ0n) is 14.6. The lowest BCUT2D eigenvalue weighted by atomic mass is 9.82. The van der Waals surface area contributed by atoms with Crippen molar-refractivity contribution in [2.75, 3.05) is 6.61 Å². The zero-order valence-corrected chi connectivity index (χ0v) is 14.6. The fourth-order valence-corrected chi connectivity index (χ4v) is 3.52. The van der Waals surface area contributed by atoms with Gasteiger partial charge in [-0.25, -0.2) is 4.79 Å². The fourth-order valence-electron chi connectivity index (χ4n) is 3.52. The topological polar surface area (TPSA) is 38.7 Å². The quantitative estimate of drug-likeness (QED) is 0.662. The van der Waals surface area contributed by atoms with Crippen LogP contribution in [-0.4, -0.2) is 18.3 Å². The van der Waals surface area contributed by atoms with E-state index < -0.39 is 5.54 Å². The van der Waals surface area contributed by atoms with Gasteiger partial charge in [-0.15, -0.1) is 0 Å². The lowest BCUT2D eigenvalue weighted by Gasteiger charge is -2.26. The molecule has 26 heavy (non-hydrogen) atoms. The molecule has 3 aromatic carbocycles. The highest BCUT2D eigenvalue weighted by Gasteiger charge is 2.49. The Kier molecular flexibility index (Phi) is 4.13. The molecule has 3 aromatic rings. The van der Waals surface area contributed by atoms with Gasteiger partial charge in [-0.05, 0) is 12.5 Å². The van der Waals surface area contributed by atoms with Gasteiger partial charge in [0.2, 0.25) is 5.54 Å². The second-order valence-electron chi connectivity index (χ2n) is 6.17. The number of carbonyl (C=O) groups excluding carboxylic acids is 1. The molecule has 1 heterocycles. The van der Waals surface area contributed by atoms with Gasteiger partial charge >= 0.3 is 5.97 Å². The van der Waals surface area contributed by atoms with Crippen LogP contribution in [0.25, 0.3) is 0 Å². The van der Waals surface area contributed by atoms with Crippen molar-refractivity contribution in [2.24, 2.45) is 4.99 Å². The van der Waals surface area contributed by atoms with Gasteiger partial charge in [-0.2, -0.15) is 0 Å². The molecule has 0 aliphatic carbocycles. The Balaban J connectivity index is 2.02. The smallest absolute Gasteiger partial charge is 0.343 e. The normalized spacial score (nSPS) is 18.1. The Morgan fingerprint density at radius 2 is 1.50 bits per heavy atom. The molecule has 1 atom stereocenters. The number of ether oxygens (including phenoxy) is 1. The second-order valence-corrected chi connectivity index (χ2v) is 6.17. The van der Waals surface area contributed by atoms with Crippen molar-refractivity contribution in [2.45, 2.75) is 12.5 Å². The molecule has 0 aromatic heterocycles. The van der Waals surface area contributed by atoms with E-state index in [1.807, 2.05) is 91.9 Å². The minimum absolute atomic E-state index is 0.311. The molecule has 3 nitrogen and oxygen atoms in total. The third-order valence-corrected chi connectivity index (χ3v) is 4.66. The number of hydrogen-bond donors (Lipinski definition) is 0. The molecule has 1 aliphatic rings. The first kappa shape index (κ1) is 16.3. The van der Waals surface area contributed by atoms with Gasteiger partial charge in [0.15, 0.2) is 0 Å². The van der Waals surface area contributed by atoms with E-state index in [1.165, 1.54) is 0 Å². The van der Waals surface area contributed by atoms with Crippen LogP contribution in [0.3, 0.4) is 0 Å². The summed E-state index contributed by atoms with van der Waals surface area (Å²) in [5.41, 5.74) is 3.29. The zero-order chi connectivity index (χ0) is 18.0. The molecule has 0 spiro atoms. The van der Waals surface area contributed by atoms with E-state index in [0.717, 1.165) is 28.0 Å². The molecule has 128 valence electrons. The number of aliphatic imine (C=N–C) groups is 1. The summed E-state index contributed by atoms with van der Waals surface area (Å²) >= 11 is 0. The average molecular weight is 341 g/mol. The van der Waals surface area contributed by atoms with Gasteiger partial charge in [-0.3, -0.25) is 4.99 Å². The lowest BCUT2D eigenvalue weighted by molar-refractivity contribution is -0.148. The molecule has 4 rings (SSSR count). The molecular weight excluding hydrogens is 322 g/mol. The molecule has 0 bridgehead atoms. The van der Waals surface area contributed by atoms with Crippen molar-refractivity contribution in [1.29, 1.82) is 0 Å². The predicted octanol–water partition coefficient (Wildman–Crippen LogP) is 4.34. The van der Waals surface area contributed by atoms with Crippen LogP contribution in [-0.2, 0) is 15.1 Å². The largest absolute Gasteiger partial charge is 0.464 e. The van der Waals surface area contributed by atoms with Crippen LogP contribution in [0.2, 0.25) is 0 Å². The molecule has 3 heteroatoms. The number of hydrogen-bond acceptors (Lipinski definition) is 3. The van der Waals surface area contributed by atoms with Crippen molar-refractivity contribution in [1.82, 2.24) is 0 Å². The van der Waals surface area contributed by atoms with Gasteiger partial charge in [0.05, 0.1) is 12.3 Å². The summed E-state index contributed by atoms with van der Waals surface area (Å²) in [6.45, 7) is 2.13. The minimum atomic E-state index is -1.17. The van der Waals surface area contributed by atoms with Crippen LogP contribution in [0.15, 0.2) is 89.9 Å². The van der Waals surface area contributed by atoms with Crippen LogP contribution in [0.1, 0.15) is 29.2 Å². The molecule has 0 fully saturated rings. The van der Waals surface area contributed by atoms with Gasteiger partial charge in [0, 0.05) is 16.7 Å². The first-order valence-corrected chi connectivity index (χ1v) is 8.75. The molecule has 0 amide bonds. The first-order chi connectivity index (χ1) is 12.8. The standard InChI is InChI=1S/C23H19NO2/c1-2-26-22(25)23(18-13-7-4-8-14-18)20-16-10-9-15-19(20)21(24-23)17-11-5-3-6-12-17/h3-16H,2H2,1H3. The summed E-state index contributed by atoms with van der Waals surface area (Å²) in [5, 5.41) is 0. The maximum atomic E-state index is 13.2. The Labute approximate surface area is 153 Å². The molecular formula is C23H19NO2. The number of carbonyl (C=O) groups is 1. The summed E-state index contributed by atoms with van der Waals surface area (Å²) in [4.78, 5) is 18.2. The molecule has 1 aliphatic heterocycles. The van der Waals surface area contributed by atoms with Crippen molar-refractivity contribution in [3.63, 3.8) is 0 Å². The highest BCUT2D eigenvalue weighted by molar-refractivity contribution is 6.18. The predicted molar refractivity (Wildman–Crippen MR) is 102 cm³/mol. The molecule has 0 saturated carbocycles. The van der Waals surface area contributed by atoms with Crippen molar-refractivity contribution in [3.05, 3.63) is 107 Å². The Bertz CT molecular complexity index is 964. The third kappa shape index (κ3) is 2.44. The van der Waals surface area contributed by atoms with Crippen LogP contribution >= 0.6 is 0 Å². The van der Waals surface area contributed by atoms with Crippen molar-refractivity contribution < 1.29 is 9.53 Å². The van der Waals surface area contributed by atoms with Gasteiger partial charge in [0.1, 0.15) is 0 Å². The van der Waals surface area contributed by atoms with Crippen LogP contribution in [0.5, 0.6) is 0 Å². The Hall–Kier alpha value is -3.20. The van der Waals surface area contributed by atoms with Gasteiger partial charge in [0.25, 0.3) is 0 Å². The van der Waals surface area contributed by atoms with E-state index >= 15 is 0 Å². The highest BCUT2D eigenvalue weighted by Crippen LogP contribution is 2.43. The van der Waals surface area contributed by atoms with Crippen LogP contribution in [0, 0.1) is 0 Å². The average Bonchev–Trinajstić information content (AvgIpc) is 3.06. The van der Waals surface area contributed by atoms with Gasteiger partial charge in [-0.1, -0.05) is 84.9 Å². The van der Waals surface area contributed by atoms with E-state index in [4.69, 9.17) is 9.73 Å². The fraction of sp³-hybridized carbons (Fsp3) is 0.130. The van der Waals surface area contributed by atoms with Crippen molar-refractivity contribution in [3.8, 4) is 0 Å². The number of nitrogens with zero attached hydrogens (tertiary/aromatic N) is 1. The summed E-state index contributed by atoms with van der Waals surface area (Å²) in [7, 11) is 0. The highest BCUT2D eigenvalue weighted by atomic mass is 16.5. The molecule has 1 unspecified atom stereocenters. The number of esters is 1. The van der Waals surface area contributed by atoms with E-state index in [-0.39, 0.29) is 5.97 Å². The monoisotopic (exact) mass is 341 g/mol. The van der Waals surface area contributed by atoms with E-state index in [0.29, 0.717) is 6.61 Å². The van der Waals surface area contributed by atoms with Crippen LogP contribution < -0.4 is 0 Å². The molecule has 0 N–H and O–H groups in total. The first-order valence-electron chi connectivity index (χ1n) is 8.75. The van der Waals surface area contributed by atoms with Gasteiger partial charge < -0.3 is 4.74 Å². The molecule has 0 radical (unpaired) electrons. The van der Waals surface area contributed by atoms with E-state index in [2.05, 4.69) is 0 Å². The van der Waals surface area contributed by atoms with Crippen molar-refractivity contribution >= 4 is 11.7 Å². The van der Waals surface area contributed by atoms with E-state index in [1.54, 1.807) is 0 Å². The minimum Gasteiger partial charge on any atom is -0.464 e. The van der Waals surface area contributed by atoms with E-state index in [9.17, 15) is 4.79 Å². The lowest BCUT2D eigenvalue weighted by Crippen LogP contribution is -2.35. The summed E-state index contributed by atoms with van der Waals surface area (Å²) < 4.78 is 5.48. The van der Waals surface area contributed by atoms with Crippen LogP contribution in [0.4, 0.5) is 0 Å². The summed E-state index contributed by atoms with van der Waals surface area (Å²) in [6.07, 6.45) is 0. The molecule has 0 saturated heterocycles. The third-order valence-electron chi connectivity index (χ3n) is 4.66. The maximum absolute atomic E-state index is 13.2. The number of benzene rings is 3. The number of rotatable bonds is 4. The SMILES string of the molecule is CCOC(=O)C1(c2ccccc2)N=C(c2ccccc2)c2ccccc21. The number of fused-ring (bicyclic) bond motifs is 1. The summed E-state index contributed by atoms with van der Waals surface area (Å²) in [5.74, 6) is -0.343. The maximum Gasteiger partial charge on any atom is 0.343 e. The Morgan fingerprint density at radius 3 is 2.19 bits per heavy atom.